The molecule has 0 atom stereocenters. The number of carbonyl (C=O) groups is 1. The van der Waals surface area contributed by atoms with E-state index in [1.54, 1.807) is 10.9 Å². The number of sulfonamides is 1. The number of ether oxygens (including phenoxy) is 1. The van der Waals surface area contributed by atoms with E-state index in [-0.39, 0.29) is 22.3 Å². The Kier molecular flexibility index (Phi) is 6.43. The Hall–Kier alpha value is -1.59. The molecule has 1 aliphatic heterocycles. The number of aromatic nitrogens is 1. The highest BCUT2D eigenvalue weighted by atomic mass is 35.5. The van der Waals surface area contributed by atoms with E-state index in [1.807, 2.05) is 10.3 Å². The quantitative estimate of drug-likeness (QED) is 0.682. The van der Waals surface area contributed by atoms with Crippen LogP contribution in [0.3, 0.4) is 0 Å². The number of carbonyl (C=O) groups excluding carboxylic acids is 1. The van der Waals surface area contributed by atoms with Gasteiger partial charge in [0.1, 0.15) is 0 Å². The Morgan fingerprint density at radius 2 is 2.11 bits per heavy atom. The van der Waals surface area contributed by atoms with Gasteiger partial charge in [0.15, 0.2) is 5.82 Å². The fourth-order valence-electron chi connectivity index (χ4n) is 2.71. The van der Waals surface area contributed by atoms with E-state index in [1.165, 1.54) is 23.5 Å². The van der Waals surface area contributed by atoms with Crippen molar-refractivity contribution in [2.45, 2.75) is 12.8 Å². The summed E-state index contributed by atoms with van der Waals surface area (Å²) in [5.74, 6) is -2.07. The largest absolute Gasteiger partial charge is 0.381 e. The van der Waals surface area contributed by atoms with Gasteiger partial charge in [0.25, 0.3) is 5.91 Å². The van der Waals surface area contributed by atoms with Crippen molar-refractivity contribution in [3.63, 3.8) is 0 Å². The fraction of sp³-hybridized carbons (Fsp3) is 0.375. The zero-order chi connectivity index (χ0) is 19.4. The highest BCUT2D eigenvalue weighted by Crippen LogP contribution is 2.27. The van der Waals surface area contributed by atoms with Crippen LogP contribution in [0.4, 0.5) is 4.39 Å². The molecule has 0 bridgehead atoms. The Bertz CT molecular complexity index is 916. The molecule has 0 unspecified atom stereocenters. The lowest BCUT2D eigenvalue weighted by atomic mass is 10.0. The lowest BCUT2D eigenvalue weighted by molar-refractivity contribution is 0.0722. The molecular weight excluding hydrogens is 417 g/mol. The molecule has 0 radical (unpaired) electrons. The van der Waals surface area contributed by atoms with Crippen LogP contribution in [-0.4, -0.2) is 38.3 Å². The molecule has 1 saturated heterocycles. The van der Waals surface area contributed by atoms with Gasteiger partial charge >= 0.3 is 0 Å². The molecule has 2 heterocycles. The topological polar surface area (TPSA) is 97.4 Å². The van der Waals surface area contributed by atoms with Crippen LogP contribution in [0.5, 0.6) is 0 Å². The first kappa shape index (κ1) is 20.2. The maximum absolute atomic E-state index is 14.3. The average Bonchev–Trinajstić information content (AvgIpc) is 3.17. The smallest absolute Gasteiger partial charge is 0.269 e. The summed E-state index contributed by atoms with van der Waals surface area (Å²) in [6, 6.07) is 2.64. The number of halogens is 2. The molecule has 1 aromatic carbocycles. The number of thiazole rings is 1. The van der Waals surface area contributed by atoms with E-state index in [2.05, 4.69) is 4.98 Å². The molecule has 1 aliphatic rings. The SMILES string of the molecule is O=C(NNS(=O)(=O)CC1CCOCC1)c1cc(-c2cscn2)cc(Cl)c1F. The van der Waals surface area contributed by atoms with Gasteiger partial charge in [0, 0.05) is 24.2 Å². The summed E-state index contributed by atoms with van der Waals surface area (Å²) in [5.41, 5.74) is 4.26. The zero-order valence-electron chi connectivity index (χ0n) is 14.1. The molecule has 1 aromatic heterocycles. The van der Waals surface area contributed by atoms with Crippen molar-refractivity contribution >= 4 is 38.9 Å². The van der Waals surface area contributed by atoms with Crippen LogP contribution < -0.4 is 10.3 Å². The lowest BCUT2D eigenvalue weighted by Gasteiger charge is -2.21. The molecule has 2 N–H and O–H groups in total. The minimum Gasteiger partial charge on any atom is -0.381 e. The summed E-state index contributed by atoms with van der Waals surface area (Å²) in [7, 11) is -3.76. The number of amides is 1. The fourth-order valence-corrected chi connectivity index (χ4v) is 4.78. The molecular formula is C16H17ClFN3O4S2. The van der Waals surface area contributed by atoms with Gasteiger partial charge in [0.05, 0.1) is 27.5 Å². The van der Waals surface area contributed by atoms with Gasteiger partial charge in [-0.15, -0.1) is 16.2 Å². The van der Waals surface area contributed by atoms with Crippen LogP contribution in [-0.2, 0) is 14.8 Å². The van der Waals surface area contributed by atoms with Crippen molar-refractivity contribution in [2.75, 3.05) is 19.0 Å². The van der Waals surface area contributed by atoms with E-state index >= 15 is 0 Å². The summed E-state index contributed by atoms with van der Waals surface area (Å²) in [6.45, 7) is 1.03. The van der Waals surface area contributed by atoms with Gasteiger partial charge in [-0.3, -0.25) is 10.2 Å². The van der Waals surface area contributed by atoms with Crippen molar-refractivity contribution in [1.82, 2.24) is 15.2 Å². The van der Waals surface area contributed by atoms with Crippen LogP contribution in [0, 0.1) is 11.7 Å². The van der Waals surface area contributed by atoms with Gasteiger partial charge in [-0.1, -0.05) is 11.6 Å². The number of nitrogens with one attached hydrogen (secondary N) is 2. The summed E-state index contributed by atoms with van der Waals surface area (Å²) >= 11 is 7.21. The second kappa shape index (κ2) is 8.61. The van der Waals surface area contributed by atoms with E-state index < -0.39 is 21.7 Å². The summed E-state index contributed by atoms with van der Waals surface area (Å²) in [5, 5.41) is 1.47. The van der Waals surface area contributed by atoms with Crippen LogP contribution in [0.1, 0.15) is 23.2 Å². The Balaban J connectivity index is 1.70. The lowest BCUT2D eigenvalue weighted by Crippen LogP contribution is -2.44. The molecule has 146 valence electrons. The normalized spacial score (nSPS) is 15.6. The van der Waals surface area contributed by atoms with Gasteiger partial charge in [-0.05, 0) is 30.9 Å². The van der Waals surface area contributed by atoms with Crippen molar-refractivity contribution in [3.8, 4) is 11.3 Å². The highest BCUT2D eigenvalue weighted by molar-refractivity contribution is 7.89. The van der Waals surface area contributed by atoms with Crippen LogP contribution in [0.2, 0.25) is 5.02 Å². The number of hydrogen-bond donors (Lipinski definition) is 2. The Labute approximate surface area is 164 Å². The Morgan fingerprint density at radius 3 is 2.78 bits per heavy atom. The van der Waals surface area contributed by atoms with E-state index in [0.717, 1.165) is 0 Å². The molecule has 2 aromatic rings. The first-order valence-electron chi connectivity index (χ1n) is 8.11. The second-order valence-electron chi connectivity index (χ2n) is 6.09. The van der Waals surface area contributed by atoms with Crippen molar-refractivity contribution in [3.05, 3.63) is 39.4 Å². The first-order chi connectivity index (χ1) is 12.9. The second-order valence-corrected chi connectivity index (χ2v) is 8.98. The number of hydrazine groups is 1. The van der Waals surface area contributed by atoms with Crippen LogP contribution in [0.25, 0.3) is 11.3 Å². The maximum Gasteiger partial charge on any atom is 0.269 e. The zero-order valence-corrected chi connectivity index (χ0v) is 16.5. The standard InChI is InChI=1S/C16H17ClFN3O4S2/c17-13-6-11(14-7-26-9-19-14)5-12(15(13)18)16(22)20-21-27(23,24)8-10-1-3-25-4-2-10/h5-7,9-10,21H,1-4,8H2,(H,20,22). The van der Waals surface area contributed by atoms with Gasteiger partial charge in [-0.2, -0.15) is 0 Å². The predicted molar refractivity (Wildman–Crippen MR) is 100 cm³/mol. The molecule has 1 amide bonds. The van der Waals surface area contributed by atoms with Crippen molar-refractivity contribution in [2.24, 2.45) is 5.92 Å². The molecule has 0 aliphatic carbocycles. The van der Waals surface area contributed by atoms with Crippen LogP contribution >= 0.6 is 22.9 Å². The van der Waals surface area contributed by atoms with Gasteiger partial charge < -0.3 is 4.74 Å². The number of rotatable bonds is 6. The summed E-state index contributed by atoms with van der Waals surface area (Å²) < 4.78 is 43.7. The predicted octanol–water partition coefficient (Wildman–Crippen LogP) is 2.59. The minimum atomic E-state index is -3.76. The third-order valence-electron chi connectivity index (χ3n) is 4.12. The van der Waals surface area contributed by atoms with Crippen molar-refractivity contribution in [1.29, 1.82) is 0 Å². The summed E-state index contributed by atoms with van der Waals surface area (Å²) in [4.78, 5) is 18.4. The molecule has 0 spiro atoms. The van der Waals surface area contributed by atoms with Gasteiger partial charge in [0.2, 0.25) is 10.0 Å². The Morgan fingerprint density at radius 1 is 1.37 bits per heavy atom. The minimum absolute atomic E-state index is 0.0488. The molecule has 27 heavy (non-hydrogen) atoms. The third kappa shape index (κ3) is 5.23. The van der Waals surface area contributed by atoms with Crippen LogP contribution in [0.15, 0.2) is 23.0 Å². The van der Waals surface area contributed by atoms with Crippen molar-refractivity contribution < 1.29 is 22.3 Å². The van der Waals surface area contributed by atoms with E-state index in [4.69, 9.17) is 16.3 Å². The molecule has 11 heteroatoms. The first-order valence-corrected chi connectivity index (χ1v) is 11.1. The van der Waals surface area contributed by atoms with E-state index in [0.29, 0.717) is 37.3 Å². The number of benzene rings is 1. The third-order valence-corrected chi connectivity index (χ3v) is 6.30. The highest BCUT2D eigenvalue weighted by Gasteiger charge is 2.23. The van der Waals surface area contributed by atoms with E-state index in [9.17, 15) is 17.6 Å². The molecule has 1 fully saturated rings. The molecule has 3 rings (SSSR count). The van der Waals surface area contributed by atoms with Gasteiger partial charge in [-0.25, -0.2) is 17.8 Å². The number of hydrogen-bond acceptors (Lipinski definition) is 6. The molecule has 0 saturated carbocycles. The average molecular weight is 434 g/mol. The summed E-state index contributed by atoms with van der Waals surface area (Å²) in [6.07, 6.45) is 1.27. The maximum atomic E-state index is 14.3. The monoisotopic (exact) mass is 433 g/mol. The molecule has 7 nitrogen and oxygen atoms in total. The number of nitrogens with zero attached hydrogens (tertiary/aromatic N) is 1.